The zero-order valence-electron chi connectivity index (χ0n) is 14.0. The van der Waals surface area contributed by atoms with Crippen LogP contribution in [-0.4, -0.2) is 30.7 Å². The topological polar surface area (TPSA) is 58.2 Å². The molecule has 0 aliphatic heterocycles. The fourth-order valence-electron chi connectivity index (χ4n) is 2.16. The molecule has 2 amide bonds. The minimum atomic E-state index is -0.151. The molecule has 0 bridgehead atoms. The Kier molecular flexibility index (Phi) is 8.01. The van der Waals surface area contributed by atoms with Gasteiger partial charge >= 0.3 is 0 Å². The molecule has 0 radical (unpaired) electrons. The van der Waals surface area contributed by atoms with Crippen molar-refractivity contribution in [2.24, 2.45) is 0 Å². The molecule has 0 saturated carbocycles. The summed E-state index contributed by atoms with van der Waals surface area (Å²) in [6.45, 7) is 2.88. The fourth-order valence-corrected chi connectivity index (χ4v) is 3.19. The van der Waals surface area contributed by atoms with Crippen molar-refractivity contribution in [2.75, 3.05) is 18.8 Å². The zero-order valence-corrected chi connectivity index (χ0v) is 16.5. The molecule has 2 aromatic rings. The number of thioether (sulfide) groups is 1. The molecule has 0 unspecified atom stereocenters. The van der Waals surface area contributed by atoms with E-state index in [1.807, 2.05) is 49.4 Å². The number of carbonyl (C=O) groups excluding carboxylic acids is 2. The Labute approximate surface area is 160 Å². The summed E-state index contributed by atoms with van der Waals surface area (Å²) in [5.74, 6) is 0.603. The van der Waals surface area contributed by atoms with Gasteiger partial charge in [0.15, 0.2) is 0 Å². The number of rotatable bonds is 8. The first-order chi connectivity index (χ1) is 12.0. The van der Waals surface area contributed by atoms with Gasteiger partial charge in [0.1, 0.15) is 0 Å². The van der Waals surface area contributed by atoms with Gasteiger partial charge in [-0.2, -0.15) is 0 Å². The second kappa shape index (κ2) is 10.3. The molecular weight excluding hydrogens is 400 g/mol. The van der Waals surface area contributed by atoms with E-state index in [9.17, 15) is 9.59 Å². The Bertz CT molecular complexity index is 720. The molecule has 0 atom stereocenters. The third-order valence-corrected chi connectivity index (χ3v) is 4.97. The molecule has 25 heavy (non-hydrogen) atoms. The SMILES string of the molecule is Cc1cccc(C(=O)NCCC(=O)NCCSc2ccc(Br)cc2)c1. The van der Waals surface area contributed by atoms with E-state index in [1.54, 1.807) is 17.8 Å². The minimum Gasteiger partial charge on any atom is -0.355 e. The predicted octanol–water partition coefficient (Wildman–Crippen LogP) is 3.79. The molecule has 0 spiro atoms. The molecule has 0 aromatic heterocycles. The highest BCUT2D eigenvalue weighted by molar-refractivity contribution is 9.10. The van der Waals surface area contributed by atoms with Crippen LogP contribution in [0.1, 0.15) is 22.3 Å². The van der Waals surface area contributed by atoms with E-state index in [1.165, 1.54) is 4.90 Å². The standard InChI is InChI=1S/C19H21BrN2O2S/c1-14-3-2-4-15(13-14)19(24)22-10-9-18(23)21-11-12-25-17-7-5-16(20)6-8-17/h2-8,13H,9-12H2,1H3,(H,21,23)(H,22,24). The van der Waals surface area contributed by atoms with Crippen LogP contribution in [0.15, 0.2) is 57.9 Å². The molecule has 132 valence electrons. The highest BCUT2D eigenvalue weighted by Gasteiger charge is 2.06. The summed E-state index contributed by atoms with van der Waals surface area (Å²) in [6.07, 6.45) is 0.278. The van der Waals surface area contributed by atoms with Crippen LogP contribution in [0.2, 0.25) is 0 Å². The molecule has 0 heterocycles. The van der Waals surface area contributed by atoms with Crippen LogP contribution in [0.3, 0.4) is 0 Å². The summed E-state index contributed by atoms with van der Waals surface area (Å²) in [5, 5.41) is 5.64. The molecule has 4 nitrogen and oxygen atoms in total. The maximum absolute atomic E-state index is 12.0. The molecule has 6 heteroatoms. The van der Waals surface area contributed by atoms with E-state index in [4.69, 9.17) is 0 Å². The average Bonchev–Trinajstić information content (AvgIpc) is 2.60. The zero-order chi connectivity index (χ0) is 18.1. The fraction of sp³-hybridized carbons (Fsp3) is 0.263. The monoisotopic (exact) mass is 420 g/mol. The number of hydrogen-bond acceptors (Lipinski definition) is 3. The number of amides is 2. The van der Waals surface area contributed by atoms with Crippen LogP contribution in [-0.2, 0) is 4.79 Å². The van der Waals surface area contributed by atoms with Crippen LogP contribution < -0.4 is 10.6 Å². The van der Waals surface area contributed by atoms with Gasteiger partial charge in [-0.05, 0) is 43.3 Å². The predicted molar refractivity (Wildman–Crippen MR) is 106 cm³/mol. The Morgan fingerprint density at radius 2 is 1.80 bits per heavy atom. The highest BCUT2D eigenvalue weighted by atomic mass is 79.9. The van der Waals surface area contributed by atoms with Gasteiger partial charge in [0.05, 0.1) is 0 Å². The Hall–Kier alpha value is -1.79. The van der Waals surface area contributed by atoms with E-state index in [0.29, 0.717) is 18.7 Å². The molecule has 0 saturated heterocycles. The number of nitrogens with one attached hydrogen (secondary N) is 2. The van der Waals surface area contributed by atoms with E-state index in [0.717, 1.165) is 15.8 Å². The molecule has 2 rings (SSSR count). The number of hydrogen-bond donors (Lipinski definition) is 2. The van der Waals surface area contributed by atoms with Crippen molar-refractivity contribution >= 4 is 39.5 Å². The van der Waals surface area contributed by atoms with Crippen molar-refractivity contribution in [3.8, 4) is 0 Å². The lowest BCUT2D eigenvalue weighted by Gasteiger charge is -2.07. The van der Waals surface area contributed by atoms with E-state index < -0.39 is 0 Å². The van der Waals surface area contributed by atoms with Gasteiger partial charge in [0.25, 0.3) is 5.91 Å². The number of benzene rings is 2. The van der Waals surface area contributed by atoms with Crippen LogP contribution in [0.5, 0.6) is 0 Å². The lowest BCUT2D eigenvalue weighted by Crippen LogP contribution is -2.31. The molecule has 0 fully saturated rings. The van der Waals surface area contributed by atoms with Crippen molar-refractivity contribution in [1.82, 2.24) is 10.6 Å². The lowest BCUT2D eigenvalue weighted by atomic mass is 10.1. The van der Waals surface area contributed by atoms with Crippen molar-refractivity contribution < 1.29 is 9.59 Å². The second-order valence-electron chi connectivity index (χ2n) is 5.53. The smallest absolute Gasteiger partial charge is 0.251 e. The maximum Gasteiger partial charge on any atom is 0.251 e. The molecule has 0 aliphatic carbocycles. The summed E-state index contributed by atoms with van der Waals surface area (Å²) in [6, 6.07) is 15.5. The first-order valence-electron chi connectivity index (χ1n) is 8.04. The van der Waals surface area contributed by atoms with Gasteiger partial charge in [-0.25, -0.2) is 0 Å². The summed E-state index contributed by atoms with van der Waals surface area (Å²) < 4.78 is 1.05. The second-order valence-corrected chi connectivity index (χ2v) is 7.61. The molecule has 2 aromatic carbocycles. The normalized spacial score (nSPS) is 10.3. The third-order valence-electron chi connectivity index (χ3n) is 3.42. The molecule has 0 aliphatic rings. The van der Waals surface area contributed by atoms with Crippen molar-refractivity contribution in [3.63, 3.8) is 0 Å². The average molecular weight is 421 g/mol. The summed E-state index contributed by atoms with van der Waals surface area (Å²) >= 11 is 5.10. The quantitative estimate of drug-likeness (QED) is 0.504. The summed E-state index contributed by atoms with van der Waals surface area (Å²) in [4.78, 5) is 24.9. The lowest BCUT2D eigenvalue weighted by molar-refractivity contribution is -0.120. The maximum atomic E-state index is 12.0. The van der Waals surface area contributed by atoms with Gasteiger partial charge in [0, 0.05) is 40.2 Å². The Morgan fingerprint density at radius 1 is 1.04 bits per heavy atom. The van der Waals surface area contributed by atoms with E-state index >= 15 is 0 Å². The molecular formula is C19H21BrN2O2S. The van der Waals surface area contributed by atoms with Crippen molar-refractivity contribution in [1.29, 1.82) is 0 Å². The van der Waals surface area contributed by atoms with Crippen LogP contribution in [0.4, 0.5) is 0 Å². The number of aryl methyl sites for hydroxylation is 1. The Morgan fingerprint density at radius 3 is 2.52 bits per heavy atom. The van der Waals surface area contributed by atoms with Crippen LogP contribution in [0, 0.1) is 6.92 Å². The first kappa shape index (κ1) is 19.5. The van der Waals surface area contributed by atoms with E-state index in [-0.39, 0.29) is 18.2 Å². The summed E-state index contributed by atoms with van der Waals surface area (Å²) in [5.41, 5.74) is 1.65. The van der Waals surface area contributed by atoms with Gasteiger partial charge in [-0.3, -0.25) is 9.59 Å². The molecule has 2 N–H and O–H groups in total. The van der Waals surface area contributed by atoms with Crippen LogP contribution >= 0.6 is 27.7 Å². The third kappa shape index (κ3) is 7.32. The van der Waals surface area contributed by atoms with Crippen molar-refractivity contribution in [2.45, 2.75) is 18.2 Å². The van der Waals surface area contributed by atoms with Crippen molar-refractivity contribution in [3.05, 3.63) is 64.1 Å². The number of carbonyl (C=O) groups is 2. The highest BCUT2D eigenvalue weighted by Crippen LogP contribution is 2.19. The van der Waals surface area contributed by atoms with Gasteiger partial charge in [-0.15, -0.1) is 11.8 Å². The van der Waals surface area contributed by atoms with Gasteiger partial charge in [0.2, 0.25) is 5.91 Å². The van der Waals surface area contributed by atoms with Gasteiger partial charge in [-0.1, -0.05) is 33.6 Å². The number of halogens is 1. The van der Waals surface area contributed by atoms with Gasteiger partial charge < -0.3 is 10.6 Å². The minimum absolute atomic E-state index is 0.0547. The Balaban J connectivity index is 1.59. The van der Waals surface area contributed by atoms with E-state index in [2.05, 4.69) is 26.6 Å². The summed E-state index contributed by atoms with van der Waals surface area (Å²) in [7, 11) is 0. The first-order valence-corrected chi connectivity index (χ1v) is 9.82. The largest absolute Gasteiger partial charge is 0.355 e. The van der Waals surface area contributed by atoms with Crippen LogP contribution in [0.25, 0.3) is 0 Å².